The lowest BCUT2D eigenvalue weighted by Crippen LogP contribution is -2.31. The molecule has 20 heavy (non-hydrogen) atoms. The number of fused-ring (bicyclic) bond motifs is 1. The maximum atomic E-state index is 6.19. The minimum absolute atomic E-state index is 0.143. The van der Waals surface area contributed by atoms with E-state index in [0.29, 0.717) is 0 Å². The molecule has 0 amide bonds. The predicted molar refractivity (Wildman–Crippen MR) is 81.4 cm³/mol. The first-order valence-corrected chi connectivity index (χ1v) is 8.19. The van der Waals surface area contributed by atoms with E-state index in [-0.39, 0.29) is 16.9 Å². The smallest absolute Gasteiger partial charge is 0.175 e. The number of ether oxygens (including phenoxy) is 2. The van der Waals surface area contributed by atoms with Gasteiger partial charge in [-0.1, -0.05) is 0 Å². The molecule has 0 radical (unpaired) electrons. The molecule has 1 spiro atoms. The number of hydrogen-bond donors (Lipinski definition) is 1. The molecule has 0 saturated heterocycles. The van der Waals surface area contributed by atoms with Gasteiger partial charge in [-0.15, -0.1) is 0 Å². The molecule has 3 nitrogen and oxygen atoms in total. The highest BCUT2D eigenvalue weighted by Crippen LogP contribution is 2.55. The number of hydrogen-bond acceptors (Lipinski definition) is 3. The van der Waals surface area contributed by atoms with E-state index in [1.807, 2.05) is 0 Å². The van der Waals surface area contributed by atoms with Gasteiger partial charge in [0.05, 0.1) is 17.7 Å². The highest BCUT2D eigenvalue weighted by atomic mass is 79.9. The Morgan fingerprint density at radius 3 is 2.45 bits per heavy atom. The lowest BCUT2D eigenvalue weighted by Gasteiger charge is -2.22. The topological polar surface area (TPSA) is 44.5 Å². The summed E-state index contributed by atoms with van der Waals surface area (Å²) in [4.78, 5) is 0. The van der Waals surface area contributed by atoms with Crippen molar-refractivity contribution in [3.05, 3.63) is 22.2 Å². The highest BCUT2D eigenvalue weighted by molar-refractivity contribution is 9.10. The van der Waals surface area contributed by atoms with Gasteiger partial charge in [-0.05, 0) is 66.2 Å². The van der Waals surface area contributed by atoms with E-state index in [4.69, 9.17) is 15.2 Å². The van der Waals surface area contributed by atoms with Gasteiger partial charge in [0.15, 0.2) is 11.5 Å². The summed E-state index contributed by atoms with van der Waals surface area (Å²) in [7, 11) is 0. The number of rotatable bonds is 2. The molecule has 2 saturated carbocycles. The Hall–Kier alpha value is -0.740. The molecule has 1 atom stereocenters. The standard InChI is InChI=1S/C16H20BrNO2/c1-10(18)16(4-5-16)11-6-12(17)14-13(7-11)19-8-15(2-3-15)9-20-14/h6-7,10H,2-5,8-9,18H2,1H3. The van der Waals surface area contributed by atoms with Crippen molar-refractivity contribution < 1.29 is 9.47 Å². The lowest BCUT2D eigenvalue weighted by molar-refractivity contribution is 0.196. The molecule has 3 aliphatic rings. The molecular weight excluding hydrogens is 318 g/mol. The third kappa shape index (κ3) is 1.88. The van der Waals surface area contributed by atoms with Crippen LogP contribution < -0.4 is 15.2 Å². The normalized spacial score (nSPS) is 25.9. The van der Waals surface area contributed by atoms with Crippen LogP contribution >= 0.6 is 15.9 Å². The summed E-state index contributed by atoms with van der Waals surface area (Å²) in [5.41, 5.74) is 7.89. The minimum Gasteiger partial charge on any atom is -0.489 e. The van der Waals surface area contributed by atoms with Gasteiger partial charge in [0.2, 0.25) is 0 Å². The minimum atomic E-state index is 0.143. The van der Waals surface area contributed by atoms with Gasteiger partial charge in [0, 0.05) is 16.9 Å². The summed E-state index contributed by atoms with van der Waals surface area (Å²) in [5, 5.41) is 0. The first-order valence-electron chi connectivity index (χ1n) is 7.40. The van der Waals surface area contributed by atoms with Crippen LogP contribution in [0, 0.1) is 5.41 Å². The number of halogens is 1. The molecule has 1 unspecified atom stereocenters. The van der Waals surface area contributed by atoms with E-state index in [1.54, 1.807) is 0 Å². The number of nitrogens with two attached hydrogens (primary N) is 1. The van der Waals surface area contributed by atoms with Crippen molar-refractivity contribution in [2.75, 3.05) is 13.2 Å². The summed E-state index contributed by atoms with van der Waals surface area (Å²) >= 11 is 3.65. The van der Waals surface area contributed by atoms with E-state index in [1.165, 1.54) is 31.2 Å². The summed E-state index contributed by atoms with van der Waals surface area (Å²) in [6.45, 7) is 3.65. The average Bonchev–Trinajstić information content (AvgIpc) is 3.28. The van der Waals surface area contributed by atoms with Crippen LogP contribution in [-0.2, 0) is 5.41 Å². The van der Waals surface area contributed by atoms with Crippen LogP contribution in [0.3, 0.4) is 0 Å². The first-order chi connectivity index (χ1) is 9.55. The van der Waals surface area contributed by atoms with Crippen molar-refractivity contribution in [1.29, 1.82) is 0 Å². The Kier molecular flexibility index (Phi) is 2.68. The molecule has 2 aliphatic carbocycles. The lowest BCUT2D eigenvalue weighted by atomic mass is 9.89. The molecule has 1 aliphatic heterocycles. The van der Waals surface area contributed by atoms with Gasteiger partial charge in [0.1, 0.15) is 0 Å². The summed E-state index contributed by atoms with van der Waals surface area (Å²) in [6.07, 6.45) is 4.77. The first kappa shape index (κ1) is 13.0. The molecular formula is C16H20BrNO2. The van der Waals surface area contributed by atoms with E-state index in [2.05, 4.69) is 35.0 Å². The maximum absolute atomic E-state index is 6.19. The molecule has 1 heterocycles. The van der Waals surface area contributed by atoms with Crippen LogP contribution in [-0.4, -0.2) is 19.3 Å². The van der Waals surface area contributed by atoms with Gasteiger partial charge in [-0.3, -0.25) is 0 Å². The van der Waals surface area contributed by atoms with Crippen molar-refractivity contribution in [2.24, 2.45) is 11.1 Å². The fourth-order valence-corrected chi connectivity index (χ4v) is 3.76. The molecule has 1 aromatic rings. The highest BCUT2D eigenvalue weighted by Gasteiger charge is 2.49. The van der Waals surface area contributed by atoms with Crippen LogP contribution in [0.25, 0.3) is 0 Å². The van der Waals surface area contributed by atoms with Gasteiger partial charge in [-0.2, -0.15) is 0 Å². The molecule has 2 N–H and O–H groups in total. The maximum Gasteiger partial charge on any atom is 0.175 e. The van der Waals surface area contributed by atoms with E-state index in [9.17, 15) is 0 Å². The summed E-state index contributed by atoms with van der Waals surface area (Å²) in [5.74, 6) is 1.74. The van der Waals surface area contributed by atoms with Crippen molar-refractivity contribution in [2.45, 2.75) is 44.1 Å². The largest absolute Gasteiger partial charge is 0.489 e. The van der Waals surface area contributed by atoms with E-state index >= 15 is 0 Å². The summed E-state index contributed by atoms with van der Waals surface area (Å²) in [6, 6.07) is 4.50. The van der Waals surface area contributed by atoms with Crippen LogP contribution in [0.5, 0.6) is 11.5 Å². The molecule has 108 valence electrons. The zero-order valence-electron chi connectivity index (χ0n) is 11.7. The zero-order valence-corrected chi connectivity index (χ0v) is 13.3. The SMILES string of the molecule is CC(N)C1(c2cc(Br)c3c(c2)OCC2(CC2)CO3)CC1. The molecule has 0 aromatic heterocycles. The Morgan fingerprint density at radius 1 is 1.15 bits per heavy atom. The predicted octanol–water partition coefficient (Wildman–Crippen LogP) is 3.38. The van der Waals surface area contributed by atoms with Gasteiger partial charge < -0.3 is 15.2 Å². The Morgan fingerprint density at radius 2 is 1.85 bits per heavy atom. The van der Waals surface area contributed by atoms with Crippen molar-refractivity contribution in [3.63, 3.8) is 0 Å². The zero-order chi connectivity index (χ0) is 14.0. The van der Waals surface area contributed by atoms with Crippen LogP contribution in [0.2, 0.25) is 0 Å². The monoisotopic (exact) mass is 337 g/mol. The molecule has 0 bridgehead atoms. The van der Waals surface area contributed by atoms with Crippen molar-refractivity contribution >= 4 is 15.9 Å². The Balaban J connectivity index is 1.72. The van der Waals surface area contributed by atoms with Crippen molar-refractivity contribution in [1.82, 2.24) is 0 Å². The fraction of sp³-hybridized carbons (Fsp3) is 0.625. The van der Waals surface area contributed by atoms with E-state index < -0.39 is 0 Å². The van der Waals surface area contributed by atoms with Crippen LogP contribution in [0.1, 0.15) is 38.2 Å². The van der Waals surface area contributed by atoms with Gasteiger partial charge in [-0.25, -0.2) is 0 Å². The Labute approximate surface area is 127 Å². The third-order valence-corrected chi connectivity index (χ3v) is 5.85. The van der Waals surface area contributed by atoms with Crippen molar-refractivity contribution in [3.8, 4) is 11.5 Å². The second kappa shape index (κ2) is 4.14. The molecule has 4 rings (SSSR count). The fourth-order valence-electron chi connectivity index (χ4n) is 3.21. The van der Waals surface area contributed by atoms with Crippen LogP contribution in [0.15, 0.2) is 16.6 Å². The second-order valence-corrected chi connectivity index (χ2v) is 7.66. The summed E-state index contributed by atoms with van der Waals surface area (Å²) < 4.78 is 13.1. The molecule has 2 fully saturated rings. The average molecular weight is 338 g/mol. The van der Waals surface area contributed by atoms with Crippen LogP contribution in [0.4, 0.5) is 0 Å². The van der Waals surface area contributed by atoms with Gasteiger partial charge >= 0.3 is 0 Å². The quantitative estimate of drug-likeness (QED) is 0.899. The number of benzene rings is 1. The third-order valence-electron chi connectivity index (χ3n) is 5.26. The Bertz CT molecular complexity index is 562. The molecule has 1 aromatic carbocycles. The van der Waals surface area contributed by atoms with E-state index in [0.717, 1.165) is 29.2 Å². The molecule has 4 heteroatoms. The second-order valence-electron chi connectivity index (χ2n) is 6.81. The van der Waals surface area contributed by atoms with Gasteiger partial charge in [0.25, 0.3) is 0 Å².